The monoisotopic (exact) mass is 398 g/mol. The van der Waals surface area contributed by atoms with E-state index in [1.807, 2.05) is 66.7 Å². The summed E-state index contributed by atoms with van der Waals surface area (Å²) in [6.45, 7) is 2.10. The van der Waals surface area contributed by atoms with Gasteiger partial charge in [0.2, 0.25) is 5.89 Å². The molecule has 1 amide bonds. The molecule has 0 saturated heterocycles. The Hall–Kier alpha value is -3.86. The zero-order chi connectivity index (χ0) is 20.9. The molecule has 0 bridgehead atoms. The molecule has 1 N–H and O–H groups in total. The Kier molecular flexibility index (Phi) is 5.61. The number of hydrogen-bond donors (Lipinski definition) is 1. The summed E-state index contributed by atoms with van der Waals surface area (Å²) < 4.78 is 11.3. The molecule has 0 aliphatic carbocycles. The van der Waals surface area contributed by atoms with Crippen LogP contribution in [0, 0.1) is 0 Å². The summed E-state index contributed by atoms with van der Waals surface area (Å²) in [6, 6.07) is 22.7. The molecular weight excluding hydrogens is 376 g/mol. The Labute approximate surface area is 175 Å². The third-order valence-electron chi connectivity index (χ3n) is 4.88. The second-order valence-corrected chi connectivity index (χ2v) is 6.81. The summed E-state index contributed by atoms with van der Waals surface area (Å²) in [5, 5.41) is 2.95. The molecule has 5 nitrogen and oxygen atoms in total. The highest BCUT2D eigenvalue weighted by atomic mass is 16.5. The van der Waals surface area contributed by atoms with Crippen LogP contribution in [0.25, 0.3) is 22.8 Å². The predicted octanol–water partition coefficient (Wildman–Crippen LogP) is 5.83. The van der Waals surface area contributed by atoms with Crippen molar-refractivity contribution in [3.05, 3.63) is 90.1 Å². The molecule has 0 atom stereocenters. The second-order valence-electron chi connectivity index (χ2n) is 6.81. The highest BCUT2D eigenvalue weighted by Crippen LogP contribution is 2.30. The van der Waals surface area contributed by atoms with Gasteiger partial charge in [-0.15, -0.1) is 0 Å². The summed E-state index contributed by atoms with van der Waals surface area (Å²) in [4.78, 5) is 17.3. The summed E-state index contributed by atoms with van der Waals surface area (Å²) in [5.41, 5.74) is 3.95. The molecule has 0 aliphatic rings. The van der Waals surface area contributed by atoms with Gasteiger partial charge in [-0.25, -0.2) is 4.98 Å². The van der Waals surface area contributed by atoms with Crippen LogP contribution in [0.5, 0.6) is 5.75 Å². The van der Waals surface area contributed by atoms with E-state index >= 15 is 0 Å². The number of aryl methyl sites for hydroxylation is 1. The zero-order valence-corrected chi connectivity index (χ0v) is 16.9. The average molecular weight is 398 g/mol. The molecule has 1 aromatic heterocycles. The summed E-state index contributed by atoms with van der Waals surface area (Å²) in [5.74, 6) is 1.52. The molecule has 0 fully saturated rings. The number of carbonyl (C=O) groups is 1. The largest absolute Gasteiger partial charge is 0.497 e. The quantitative estimate of drug-likeness (QED) is 0.444. The first-order valence-electron chi connectivity index (χ1n) is 9.78. The molecule has 4 rings (SSSR count). The molecule has 0 aliphatic heterocycles. The van der Waals surface area contributed by atoms with E-state index in [4.69, 9.17) is 9.15 Å². The van der Waals surface area contributed by atoms with E-state index in [1.165, 1.54) is 5.56 Å². The van der Waals surface area contributed by atoms with Crippen LogP contribution in [-0.4, -0.2) is 18.0 Å². The van der Waals surface area contributed by atoms with Crippen molar-refractivity contribution in [1.29, 1.82) is 0 Å². The van der Waals surface area contributed by atoms with Gasteiger partial charge in [0.15, 0.2) is 5.76 Å². The lowest BCUT2D eigenvalue weighted by atomic mass is 10.1. The smallest absolute Gasteiger partial charge is 0.256 e. The lowest BCUT2D eigenvalue weighted by molar-refractivity contribution is 0.102. The normalized spacial score (nSPS) is 10.6. The number of oxazole rings is 1. The van der Waals surface area contributed by atoms with Gasteiger partial charge in [-0.3, -0.25) is 4.79 Å². The highest BCUT2D eigenvalue weighted by molar-refractivity contribution is 6.08. The van der Waals surface area contributed by atoms with E-state index in [0.717, 1.165) is 23.4 Å². The fourth-order valence-electron chi connectivity index (χ4n) is 3.20. The molecule has 5 heteroatoms. The number of rotatable bonds is 6. The third kappa shape index (κ3) is 4.10. The number of amides is 1. The molecule has 1 heterocycles. The van der Waals surface area contributed by atoms with Crippen LogP contribution in [0.4, 0.5) is 5.69 Å². The lowest BCUT2D eigenvalue weighted by Crippen LogP contribution is -2.13. The van der Waals surface area contributed by atoms with Crippen LogP contribution in [-0.2, 0) is 6.42 Å². The fraction of sp³-hybridized carbons (Fsp3) is 0.120. The van der Waals surface area contributed by atoms with Crippen molar-refractivity contribution in [3.63, 3.8) is 0 Å². The van der Waals surface area contributed by atoms with Gasteiger partial charge in [0.05, 0.1) is 18.9 Å². The minimum atomic E-state index is -0.212. The molecule has 4 aromatic rings. The van der Waals surface area contributed by atoms with Crippen molar-refractivity contribution in [1.82, 2.24) is 4.98 Å². The Morgan fingerprint density at radius 3 is 2.60 bits per heavy atom. The number of methoxy groups -OCH3 is 1. The summed E-state index contributed by atoms with van der Waals surface area (Å²) in [6.07, 6.45) is 2.61. The third-order valence-corrected chi connectivity index (χ3v) is 4.88. The number of nitrogens with one attached hydrogen (secondary N) is 1. The van der Waals surface area contributed by atoms with Gasteiger partial charge in [-0.05, 0) is 48.4 Å². The van der Waals surface area contributed by atoms with Gasteiger partial charge in [0.1, 0.15) is 5.75 Å². The second kappa shape index (κ2) is 8.66. The molecule has 0 radical (unpaired) electrons. The van der Waals surface area contributed by atoms with E-state index in [2.05, 4.69) is 17.2 Å². The predicted molar refractivity (Wildman–Crippen MR) is 118 cm³/mol. The van der Waals surface area contributed by atoms with Gasteiger partial charge < -0.3 is 14.5 Å². The number of nitrogens with zero attached hydrogens (tertiary/aromatic N) is 1. The average Bonchev–Trinajstić information content (AvgIpc) is 3.30. The van der Waals surface area contributed by atoms with Gasteiger partial charge in [-0.1, -0.05) is 43.3 Å². The van der Waals surface area contributed by atoms with Gasteiger partial charge in [0.25, 0.3) is 5.91 Å². The molecule has 0 unspecified atom stereocenters. The van der Waals surface area contributed by atoms with E-state index in [9.17, 15) is 4.79 Å². The molecule has 0 spiro atoms. The van der Waals surface area contributed by atoms with Gasteiger partial charge in [-0.2, -0.15) is 0 Å². The molecule has 3 aromatic carbocycles. The van der Waals surface area contributed by atoms with Crippen molar-refractivity contribution >= 4 is 11.6 Å². The molecule has 150 valence electrons. The lowest BCUT2D eigenvalue weighted by Gasteiger charge is -2.09. The highest BCUT2D eigenvalue weighted by Gasteiger charge is 2.17. The number of aromatic nitrogens is 1. The van der Waals surface area contributed by atoms with Crippen molar-refractivity contribution in [2.45, 2.75) is 13.3 Å². The van der Waals surface area contributed by atoms with Crippen molar-refractivity contribution in [3.8, 4) is 28.5 Å². The summed E-state index contributed by atoms with van der Waals surface area (Å²) in [7, 11) is 1.62. The maximum absolute atomic E-state index is 12.9. The van der Waals surface area contributed by atoms with E-state index in [-0.39, 0.29) is 5.91 Å². The van der Waals surface area contributed by atoms with Crippen LogP contribution in [0.15, 0.2) is 83.4 Å². The summed E-state index contributed by atoms with van der Waals surface area (Å²) >= 11 is 0. The Morgan fingerprint density at radius 2 is 1.83 bits per heavy atom. The SMILES string of the molecule is CCc1ccc(NC(=O)c2ccccc2-c2ncc(-c3cccc(OC)c3)o2)cc1. The molecule has 30 heavy (non-hydrogen) atoms. The number of benzene rings is 3. The van der Waals surface area contributed by atoms with Crippen LogP contribution < -0.4 is 10.1 Å². The van der Waals surface area contributed by atoms with Crippen molar-refractivity contribution in [2.24, 2.45) is 0 Å². The first kappa shape index (κ1) is 19.5. The topological polar surface area (TPSA) is 64.4 Å². The van der Waals surface area contributed by atoms with Crippen LogP contribution in [0.1, 0.15) is 22.8 Å². The Morgan fingerprint density at radius 1 is 1.03 bits per heavy atom. The maximum Gasteiger partial charge on any atom is 0.256 e. The number of anilines is 1. The fourth-order valence-corrected chi connectivity index (χ4v) is 3.20. The van der Waals surface area contributed by atoms with Gasteiger partial charge >= 0.3 is 0 Å². The van der Waals surface area contributed by atoms with Crippen molar-refractivity contribution in [2.75, 3.05) is 12.4 Å². The Bertz CT molecular complexity index is 1160. The van der Waals surface area contributed by atoms with Crippen molar-refractivity contribution < 1.29 is 13.9 Å². The van der Waals surface area contributed by atoms with E-state index in [1.54, 1.807) is 19.4 Å². The molecular formula is C25H22N2O3. The van der Waals surface area contributed by atoms with Crippen LogP contribution in [0.3, 0.4) is 0 Å². The number of ether oxygens (including phenoxy) is 1. The zero-order valence-electron chi connectivity index (χ0n) is 16.9. The van der Waals surface area contributed by atoms with Gasteiger partial charge in [0, 0.05) is 16.8 Å². The first-order chi connectivity index (χ1) is 14.7. The van der Waals surface area contributed by atoms with E-state index in [0.29, 0.717) is 22.8 Å². The first-order valence-corrected chi connectivity index (χ1v) is 9.78. The minimum Gasteiger partial charge on any atom is -0.497 e. The Balaban J connectivity index is 1.61. The minimum absolute atomic E-state index is 0.212. The standard InChI is InChI=1S/C25H22N2O3/c1-3-17-11-13-19(14-12-17)27-24(28)21-9-4-5-10-22(21)25-26-16-23(30-25)18-7-6-8-20(15-18)29-2/h4-16H,3H2,1-2H3,(H,27,28). The van der Waals surface area contributed by atoms with Crippen LogP contribution in [0.2, 0.25) is 0 Å². The van der Waals surface area contributed by atoms with E-state index < -0.39 is 0 Å². The maximum atomic E-state index is 12.9. The number of carbonyl (C=O) groups excluding carboxylic acids is 1. The molecule has 0 saturated carbocycles. The van der Waals surface area contributed by atoms with Crippen LogP contribution >= 0.6 is 0 Å². The number of hydrogen-bond acceptors (Lipinski definition) is 4.